The summed E-state index contributed by atoms with van der Waals surface area (Å²) in [6.45, 7) is 0. The summed E-state index contributed by atoms with van der Waals surface area (Å²) in [7, 11) is 1.74. The Hall–Kier alpha value is -6.62. The molecule has 8 aromatic carbocycles. The molecule has 0 bridgehead atoms. The second-order valence-corrected chi connectivity index (χ2v) is 14.4. The number of ether oxygens (including phenoxy) is 1. The Labute approximate surface area is 312 Å². The van der Waals surface area contributed by atoms with Crippen LogP contribution in [0.1, 0.15) is 0 Å². The summed E-state index contributed by atoms with van der Waals surface area (Å²) in [4.78, 5) is 2.39. The van der Waals surface area contributed by atoms with Crippen molar-refractivity contribution in [1.29, 1.82) is 0 Å². The van der Waals surface area contributed by atoms with E-state index in [-0.39, 0.29) is 0 Å². The molecule has 0 amide bonds. The van der Waals surface area contributed by atoms with Gasteiger partial charge in [0.05, 0.1) is 23.8 Å². The molecule has 0 N–H and O–H groups in total. The maximum Gasteiger partial charge on any atom is 0.119 e. The van der Waals surface area contributed by atoms with Crippen molar-refractivity contribution in [3.05, 3.63) is 188 Å². The topological polar surface area (TPSA) is 17.4 Å². The van der Waals surface area contributed by atoms with Gasteiger partial charge in [0.25, 0.3) is 0 Å². The Morgan fingerprint density at radius 1 is 0.453 bits per heavy atom. The molecule has 4 heteroatoms. The number of hydrogen-bond donors (Lipinski definition) is 0. The molecule has 0 aliphatic heterocycles. The summed E-state index contributed by atoms with van der Waals surface area (Å²) in [5, 5.41) is 4.87. The zero-order valence-electron chi connectivity index (χ0n) is 29.1. The molecule has 0 radical (unpaired) electrons. The van der Waals surface area contributed by atoms with E-state index in [0.717, 1.165) is 50.3 Å². The van der Waals surface area contributed by atoms with Gasteiger partial charge in [-0.3, -0.25) is 0 Å². The third kappa shape index (κ3) is 5.35. The second kappa shape index (κ2) is 12.9. The van der Waals surface area contributed by atoms with Crippen molar-refractivity contribution in [2.45, 2.75) is 0 Å². The fourth-order valence-corrected chi connectivity index (χ4v) is 8.86. The van der Waals surface area contributed by atoms with Crippen LogP contribution in [0.2, 0.25) is 0 Å². The quantitative estimate of drug-likeness (QED) is 0.165. The molecule has 3 nitrogen and oxygen atoms in total. The summed E-state index contributed by atoms with van der Waals surface area (Å²) in [6, 6.07) is 67.7. The van der Waals surface area contributed by atoms with Crippen molar-refractivity contribution >= 4 is 70.4 Å². The van der Waals surface area contributed by atoms with Gasteiger partial charge in [-0.15, -0.1) is 11.3 Å². The fraction of sp³-hybridized carbons (Fsp3) is 0.0204. The minimum Gasteiger partial charge on any atom is -0.497 e. The third-order valence-corrected chi connectivity index (χ3v) is 11.5. The van der Waals surface area contributed by atoms with Gasteiger partial charge >= 0.3 is 0 Å². The van der Waals surface area contributed by atoms with Crippen molar-refractivity contribution in [2.24, 2.45) is 0 Å². The van der Waals surface area contributed by atoms with Crippen molar-refractivity contribution < 1.29 is 4.74 Å². The van der Waals surface area contributed by atoms with Crippen LogP contribution >= 0.6 is 11.3 Å². The summed E-state index contributed by atoms with van der Waals surface area (Å²) < 4.78 is 10.9. The Kier molecular flexibility index (Phi) is 7.55. The maximum atomic E-state index is 5.84. The number of thiophene rings is 1. The predicted octanol–water partition coefficient (Wildman–Crippen LogP) is 14.0. The maximum absolute atomic E-state index is 5.84. The van der Waals surface area contributed by atoms with E-state index in [1.807, 2.05) is 11.3 Å². The number of fused-ring (bicyclic) bond motifs is 6. The average molecular weight is 699 g/mol. The van der Waals surface area contributed by atoms with Crippen LogP contribution in [0.15, 0.2) is 188 Å². The molecular formula is C49H34N2OS. The van der Waals surface area contributed by atoms with Crippen LogP contribution < -0.4 is 9.64 Å². The molecule has 10 rings (SSSR count). The molecule has 2 aromatic heterocycles. The van der Waals surface area contributed by atoms with Crippen LogP contribution in [0.4, 0.5) is 17.1 Å². The second-order valence-electron chi connectivity index (χ2n) is 13.3. The van der Waals surface area contributed by atoms with E-state index in [9.17, 15) is 0 Å². The molecule has 0 aliphatic carbocycles. The first-order chi connectivity index (χ1) is 26.2. The fourth-order valence-electron chi connectivity index (χ4n) is 7.77. The first kappa shape index (κ1) is 31.1. The van der Waals surface area contributed by atoms with Crippen molar-refractivity contribution in [3.63, 3.8) is 0 Å². The van der Waals surface area contributed by atoms with Gasteiger partial charge in [-0.2, -0.15) is 0 Å². The van der Waals surface area contributed by atoms with E-state index in [4.69, 9.17) is 4.74 Å². The normalized spacial score (nSPS) is 11.5. The molecule has 252 valence electrons. The number of hydrogen-bond acceptors (Lipinski definition) is 3. The number of methoxy groups -OCH3 is 1. The number of anilines is 3. The van der Waals surface area contributed by atoms with Gasteiger partial charge in [-0.1, -0.05) is 109 Å². The number of nitrogens with zero attached hydrogens (tertiary/aromatic N) is 2. The zero-order chi connectivity index (χ0) is 35.3. The number of benzene rings is 8. The predicted molar refractivity (Wildman–Crippen MR) is 226 cm³/mol. The van der Waals surface area contributed by atoms with E-state index in [0.29, 0.717) is 0 Å². The zero-order valence-corrected chi connectivity index (χ0v) is 29.9. The van der Waals surface area contributed by atoms with E-state index >= 15 is 0 Å². The van der Waals surface area contributed by atoms with Crippen molar-refractivity contribution in [1.82, 2.24) is 4.57 Å². The minimum absolute atomic E-state index is 0.830. The van der Waals surface area contributed by atoms with E-state index in [2.05, 4.69) is 198 Å². The number of aromatic nitrogens is 1. The Balaban J connectivity index is 1.21. The Bertz CT molecular complexity index is 2830. The van der Waals surface area contributed by atoms with Gasteiger partial charge in [0.2, 0.25) is 0 Å². The summed E-state index contributed by atoms with van der Waals surface area (Å²) >= 11 is 1.85. The molecule has 0 fully saturated rings. The highest BCUT2D eigenvalue weighted by Crippen LogP contribution is 2.46. The molecule has 0 spiro atoms. The highest BCUT2D eigenvalue weighted by atomic mass is 32.1. The van der Waals surface area contributed by atoms with E-state index in [1.54, 1.807) is 7.11 Å². The molecule has 0 unspecified atom stereocenters. The van der Waals surface area contributed by atoms with E-state index in [1.165, 1.54) is 42.4 Å². The molecule has 10 aromatic rings. The van der Waals surface area contributed by atoms with Crippen LogP contribution in [0.25, 0.3) is 69.9 Å². The number of rotatable bonds is 7. The molecule has 53 heavy (non-hydrogen) atoms. The van der Waals surface area contributed by atoms with Gasteiger partial charge < -0.3 is 14.2 Å². The van der Waals surface area contributed by atoms with Gasteiger partial charge in [0, 0.05) is 48.0 Å². The van der Waals surface area contributed by atoms with Crippen molar-refractivity contribution in [3.8, 4) is 33.7 Å². The minimum atomic E-state index is 0.830. The van der Waals surface area contributed by atoms with Gasteiger partial charge in [0.15, 0.2) is 0 Å². The molecule has 0 saturated carbocycles. The first-order valence-corrected chi connectivity index (χ1v) is 18.7. The largest absolute Gasteiger partial charge is 0.497 e. The highest BCUT2D eigenvalue weighted by Gasteiger charge is 2.22. The lowest BCUT2D eigenvalue weighted by molar-refractivity contribution is 0.415. The van der Waals surface area contributed by atoms with Crippen LogP contribution in [-0.4, -0.2) is 11.7 Å². The summed E-state index contributed by atoms with van der Waals surface area (Å²) in [6.07, 6.45) is 0. The Morgan fingerprint density at radius 2 is 1.06 bits per heavy atom. The molecule has 0 saturated heterocycles. The van der Waals surface area contributed by atoms with Crippen LogP contribution in [0, 0.1) is 0 Å². The monoisotopic (exact) mass is 698 g/mol. The molecular weight excluding hydrogens is 665 g/mol. The van der Waals surface area contributed by atoms with Gasteiger partial charge in [0.1, 0.15) is 5.75 Å². The average Bonchev–Trinajstić information content (AvgIpc) is 3.77. The standard InChI is InChI=1S/C49H34N2OS/c1-52-40-28-29-44-43(32-40)49-45(16-10-17-46(49)51(44)39-27-30-48-42(31-39)41-15-8-9-18-47(41)53-48)50(37-23-19-35(20-24-37)33-11-4-2-5-12-33)38-25-21-36(22-26-38)34-13-6-3-7-14-34/h2-32H,1H3. The highest BCUT2D eigenvalue weighted by molar-refractivity contribution is 7.25. The lowest BCUT2D eigenvalue weighted by Crippen LogP contribution is -2.10. The first-order valence-electron chi connectivity index (χ1n) is 17.9. The van der Waals surface area contributed by atoms with Crippen LogP contribution in [0.5, 0.6) is 5.75 Å². The smallest absolute Gasteiger partial charge is 0.119 e. The third-order valence-electron chi connectivity index (χ3n) is 10.3. The molecule has 2 heterocycles. The van der Waals surface area contributed by atoms with Crippen LogP contribution in [0.3, 0.4) is 0 Å². The summed E-state index contributed by atoms with van der Waals surface area (Å²) in [5.74, 6) is 0.830. The summed E-state index contributed by atoms with van der Waals surface area (Å²) in [5.41, 5.74) is 11.4. The lowest BCUT2D eigenvalue weighted by Gasteiger charge is -2.27. The lowest BCUT2D eigenvalue weighted by atomic mass is 10.0. The van der Waals surface area contributed by atoms with Gasteiger partial charge in [-0.25, -0.2) is 0 Å². The van der Waals surface area contributed by atoms with Crippen LogP contribution in [-0.2, 0) is 0 Å². The van der Waals surface area contributed by atoms with E-state index < -0.39 is 0 Å². The van der Waals surface area contributed by atoms with Gasteiger partial charge in [-0.05, 0) is 101 Å². The molecule has 0 atom stereocenters. The van der Waals surface area contributed by atoms with Crippen molar-refractivity contribution in [2.75, 3.05) is 12.0 Å². The Morgan fingerprint density at radius 3 is 1.72 bits per heavy atom. The molecule has 0 aliphatic rings. The SMILES string of the molecule is COc1ccc2c(c1)c1c(N(c3ccc(-c4ccccc4)cc3)c3ccc(-c4ccccc4)cc3)cccc1n2-c1ccc2sc3ccccc3c2c1.